The van der Waals surface area contributed by atoms with E-state index in [9.17, 15) is 9.90 Å². The summed E-state index contributed by atoms with van der Waals surface area (Å²) in [4.78, 5) is 21.1. The summed E-state index contributed by atoms with van der Waals surface area (Å²) in [7, 11) is 0. The Morgan fingerprint density at radius 1 is 1.42 bits per heavy atom. The Hall–Kier alpha value is -2.25. The van der Waals surface area contributed by atoms with E-state index in [1.54, 1.807) is 17.4 Å². The number of aliphatic imine (C=N–C) groups is 1. The molecule has 4 rings (SSSR count). The third-order valence-electron chi connectivity index (χ3n) is 5.07. The minimum atomic E-state index is -0.572. The van der Waals surface area contributed by atoms with E-state index in [4.69, 9.17) is 0 Å². The number of amides is 1. The molecule has 1 amide bonds. The molecule has 7 heteroatoms. The maximum atomic E-state index is 12.3. The summed E-state index contributed by atoms with van der Waals surface area (Å²) in [6.07, 6.45) is 6.30. The summed E-state index contributed by atoms with van der Waals surface area (Å²) >= 11 is 1.57. The van der Waals surface area contributed by atoms with E-state index in [0.29, 0.717) is 17.6 Å². The average molecular weight is 370 g/mol. The maximum Gasteiger partial charge on any atom is 0.274 e. The summed E-state index contributed by atoms with van der Waals surface area (Å²) in [5, 5.41) is 15.6. The van der Waals surface area contributed by atoms with Gasteiger partial charge in [-0.1, -0.05) is 25.3 Å². The van der Waals surface area contributed by atoms with Crippen LogP contribution in [0.2, 0.25) is 0 Å². The molecule has 136 valence electrons. The third-order valence-corrected chi connectivity index (χ3v) is 5.86. The maximum absolute atomic E-state index is 12.3. The summed E-state index contributed by atoms with van der Waals surface area (Å²) in [5.41, 5.74) is 3.58. The Kier molecular flexibility index (Phi) is 4.50. The zero-order chi connectivity index (χ0) is 18.1. The van der Waals surface area contributed by atoms with Crippen LogP contribution in [-0.2, 0) is 4.79 Å². The summed E-state index contributed by atoms with van der Waals surface area (Å²) in [5.74, 6) is 0.822. The average Bonchev–Trinajstić information content (AvgIpc) is 3.17. The number of rotatable bonds is 5. The molecule has 1 saturated carbocycles. The first-order chi connectivity index (χ1) is 12.5. The van der Waals surface area contributed by atoms with Crippen LogP contribution in [0.4, 0.5) is 0 Å². The monoisotopic (exact) mass is 370 g/mol. The molecule has 0 unspecified atom stereocenters. The highest BCUT2D eigenvalue weighted by atomic mass is 32.1. The van der Waals surface area contributed by atoms with Gasteiger partial charge in [-0.3, -0.25) is 10.1 Å². The smallest absolute Gasteiger partial charge is 0.274 e. The van der Waals surface area contributed by atoms with Crippen molar-refractivity contribution in [1.82, 2.24) is 15.6 Å². The van der Waals surface area contributed by atoms with Crippen molar-refractivity contribution in [3.05, 3.63) is 35.0 Å². The number of aliphatic hydroxyl groups is 1. The van der Waals surface area contributed by atoms with E-state index in [1.807, 2.05) is 30.6 Å². The van der Waals surface area contributed by atoms with Gasteiger partial charge in [-0.05, 0) is 43.0 Å². The lowest BCUT2D eigenvalue weighted by Crippen LogP contribution is -2.37. The number of fused-ring (bicyclic) bond motifs is 1. The Morgan fingerprint density at radius 3 is 3.00 bits per heavy atom. The number of benzene rings is 1. The minimum Gasteiger partial charge on any atom is -0.394 e. The zero-order valence-electron chi connectivity index (χ0n) is 14.7. The highest BCUT2D eigenvalue weighted by Gasteiger charge is 2.32. The van der Waals surface area contributed by atoms with Gasteiger partial charge in [0, 0.05) is 0 Å². The topological polar surface area (TPSA) is 86.6 Å². The summed E-state index contributed by atoms with van der Waals surface area (Å²) in [6, 6.07) is 5.90. The molecule has 2 aliphatic rings. The van der Waals surface area contributed by atoms with Crippen LogP contribution in [0.5, 0.6) is 0 Å². The van der Waals surface area contributed by atoms with Crippen LogP contribution in [-0.4, -0.2) is 34.1 Å². The molecule has 1 aromatic heterocycles. The molecule has 2 heterocycles. The molecule has 1 saturated heterocycles. The molecular weight excluding hydrogens is 348 g/mol. The van der Waals surface area contributed by atoms with Crippen molar-refractivity contribution in [2.24, 2.45) is 10.9 Å². The highest BCUT2D eigenvalue weighted by Crippen LogP contribution is 2.35. The predicted octanol–water partition coefficient (Wildman–Crippen LogP) is 2.65. The quantitative estimate of drug-likeness (QED) is 0.706. The van der Waals surface area contributed by atoms with E-state index in [-0.39, 0.29) is 12.5 Å². The SMILES string of the molecule is C[C@@](CO)(CC1CCC1)N=C1NC(=O)/C(=C/c2ccc3ncsc3c2)N1. The van der Waals surface area contributed by atoms with Gasteiger partial charge in [0.15, 0.2) is 0 Å². The molecule has 0 spiro atoms. The number of hydrogen-bond donors (Lipinski definition) is 3. The molecule has 1 aliphatic carbocycles. The van der Waals surface area contributed by atoms with Crippen LogP contribution >= 0.6 is 11.3 Å². The van der Waals surface area contributed by atoms with E-state index in [0.717, 1.165) is 22.2 Å². The number of carbonyl (C=O) groups excluding carboxylic acids is 1. The van der Waals surface area contributed by atoms with E-state index < -0.39 is 5.54 Å². The number of guanidine groups is 1. The lowest BCUT2D eigenvalue weighted by Gasteiger charge is -2.33. The molecular formula is C19H22N4O2S. The Morgan fingerprint density at radius 2 is 2.27 bits per heavy atom. The second kappa shape index (κ2) is 6.81. The summed E-state index contributed by atoms with van der Waals surface area (Å²) < 4.78 is 1.08. The summed E-state index contributed by atoms with van der Waals surface area (Å²) in [6.45, 7) is 1.90. The molecule has 0 radical (unpaired) electrons. The van der Waals surface area contributed by atoms with Crippen LogP contribution in [0.1, 0.15) is 38.2 Å². The van der Waals surface area contributed by atoms with Gasteiger partial charge in [0.2, 0.25) is 5.96 Å². The number of aromatic nitrogens is 1. The zero-order valence-corrected chi connectivity index (χ0v) is 15.5. The normalized spacial score (nSPS) is 23.1. The first-order valence-corrected chi connectivity index (χ1v) is 9.77. The predicted molar refractivity (Wildman–Crippen MR) is 104 cm³/mol. The number of carbonyl (C=O) groups is 1. The Labute approximate surface area is 156 Å². The van der Waals surface area contributed by atoms with Crippen molar-refractivity contribution in [2.45, 2.75) is 38.1 Å². The number of nitrogens with one attached hydrogen (secondary N) is 2. The third kappa shape index (κ3) is 3.50. The molecule has 2 fully saturated rings. The van der Waals surface area contributed by atoms with Crippen molar-refractivity contribution in [3.63, 3.8) is 0 Å². The van der Waals surface area contributed by atoms with Crippen molar-refractivity contribution >= 4 is 39.5 Å². The van der Waals surface area contributed by atoms with Crippen molar-refractivity contribution in [1.29, 1.82) is 0 Å². The standard InChI is InChI=1S/C19H22N4O2S/c1-19(10-24,9-12-3-2-4-12)23-18-21-15(17(25)22-18)7-13-5-6-14-16(8-13)26-11-20-14/h5-8,11-12,24H,2-4,9-10H2,1H3,(H2,21,22,23,25)/b15-7-/t19-/m0/s1. The fraction of sp³-hybridized carbons (Fsp3) is 0.421. The first kappa shape index (κ1) is 17.2. The number of aliphatic hydroxyl groups excluding tert-OH is 1. The number of thiazole rings is 1. The van der Waals surface area contributed by atoms with Gasteiger partial charge < -0.3 is 10.4 Å². The largest absolute Gasteiger partial charge is 0.394 e. The van der Waals surface area contributed by atoms with Crippen LogP contribution in [0.25, 0.3) is 16.3 Å². The van der Waals surface area contributed by atoms with Gasteiger partial charge in [0.25, 0.3) is 5.91 Å². The van der Waals surface area contributed by atoms with Gasteiger partial charge in [0.05, 0.1) is 27.9 Å². The van der Waals surface area contributed by atoms with Gasteiger partial charge in [0.1, 0.15) is 5.70 Å². The molecule has 1 aliphatic heterocycles. The number of nitrogens with zero attached hydrogens (tertiary/aromatic N) is 2. The van der Waals surface area contributed by atoms with Crippen molar-refractivity contribution in [2.75, 3.05) is 6.61 Å². The van der Waals surface area contributed by atoms with Crippen molar-refractivity contribution < 1.29 is 9.90 Å². The molecule has 0 bridgehead atoms. The molecule has 1 atom stereocenters. The van der Waals surface area contributed by atoms with Gasteiger partial charge in [-0.15, -0.1) is 11.3 Å². The van der Waals surface area contributed by atoms with E-state index in [1.165, 1.54) is 19.3 Å². The van der Waals surface area contributed by atoms with Gasteiger partial charge in [-0.2, -0.15) is 0 Å². The van der Waals surface area contributed by atoms with Crippen LogP contribution in [0, 0.1) is 5.92 Å². The first-order valence-electron chi connectivity index (χ1n) is 8.89. The molecule has 2 aromatic rings. The fourth-order valence-corrected chi connectivity index (χ4v) is 4.14. The molecule has 6 nitrogen and oxygen atoms in total. The van der Waals surface area contributed by atoms with Gasteiger partial charge >= 0.3 is 0 Å². The fourth-order valence-electron chi connectivity index (χ4n) is 3.41. The lowest BCUT2D eigenvalue weighted by atomic mass is 9.77. The number of hydrogen-bond acceptors (Lipinski definition) is 5. The van der Waals surface area contributed by atoms with E-state index >= 15 is 0 Å². The van der Waals surface area contributed by atoms with Crippen molar-refractivity contribution in [3.8, 4) is 0 Å². The minimum absolute atomic E-state index is 0.0361. The molecule has 1 aromatic carbocycles. The highest BCUT2D eigenvalue weighted by molar-refractivity contribution is 7.16. The molecule has 3 N–H and O–H groups in total. The molecule has 26 heavy (non-hydrogen) atoms. The lowest BCUT2D eigenvalue weighted by molar-refractivity contribution is -0.115. The Bertz CT molecular complexity index is 900. The second-order valence-electron chi connectivity index (χ2n) is 7.33. The van der Waals surface area contributed by atoms with Crippen LogP contribution < -0.4 is 10.6 Å². The van der Waals surface area contributed by atoms with Crippen LogP contribution in [0.3, 0.4) is 0 Å². The second-order valence-corrected chi connectivity index (χ2v) is 8.22. The van der Waals surface area contributed by atoms with E-state index in [2.05, 4.69) is 20.6 Å². The van der Waals surface area contributed by atoms with Gasteiger partial charge in [-0.25, -0.2) is 9.98 Å². The van der Waals surface area contributed by atoms with Crippen LogP contribution in [0.15, 0.2) is 34.4 Å². The Balaban J connectivity index is 1.53.